The van der Waals surface area contributed by atoms with Gasteiger partial charge < -0.3 is 4.74 Å². The summed E-state index contributed by atoms with van der Waals surface area (Å²) in [6.45, 7) is 0.152. The summed E-state index contributed by atoms with van der Waals surface area (Å²) in [5.41, 5.74) is 0.201. The Bertz CT molecular complexity index is 662. The van der Waals surface area contributed by atoms with Crippen molar-refractivity contribution in [1.29, 1.82) is 0 Å². The van der Waals surface area contributed by atoms with Crippen molar-refractivity contribution >= 4 is 23.4 Å². The maximum atomic E-state index is 12.7. The first-order valence-corrected chi connectivity index (χ1v) is 7.21. The zero-order chi connectivity index (χ0) is 15.9. The predicted molar refractivity (Wildman–Crippen MR) is 78.3 cm³/mol. The summed E-state index contributed by atoms with van der Waals surface area (Å²) in [4.78, 5) is 25.5. The molecule has 1 aromatic carbocycles. The largest absolute Gasteiger partial charge is 0.461 e. The van der Waals surface area contributed by atoms with Crippen LogP contribution >= 0.6 is 11.8 Å². The number of thioether (sulfide) groups is 1. The molecule has 0 saturated carbocycles. The van der Waals surface area contributed by atoms with Crippen LogP contribution < -0.4 is 0 Å². The van der Waals surface area contributed by atoms with Gasteiger partial charge in [0.2, 0.25) is 0 Å². The van der Waals surface area contributed by atoms with Gasteiger partial charge in [-0.1, -0.05) is 0 Å². The maximum Gasteiger partial charge on any atom is 0.338 e. The molecule has 0 aliphatic rings. The first-order valence-electron chi connectivity index (χ1n) is 6.22. The van der Waals surface area contributed by atoms with Crippen molar-refractivity contribution in [3.63, 3.8) is 0 Å². The van der Waals surface area contributed by atoms with Crippen LogP contribution in [-0.4, -0.2) is 28.2 Å². The molecule has 0 saturated heterocycles. The second-order valence-electron chi connectivity index (χ2n) is 4.10. The summed E-state index contributed by atoms with van der Waals surface area (Å²) in [6, 6.07) is 7.97. The third kappa shape index (κ3) is 4.52. The van der Waals surface area contributed by atoms with Crippen LogP contribution in [0.15, 0.2) is 47.6 Å². The van der Waals surface area contributed by atoms with Crippen LogP contribution in [0.1, 0.15) is 10.4 Å². The number of rotatable bonds is 6. The van der Waals surface area contributed by atoms with E-state index in [0.29, 0.717) is 10.8 Å². The molecule has 1 heterocycles. The minimum Gasteiger partial charge on any atom is -0.461 e. The van der Waals surface area contributed by atoms with E-state index in [1.54, 1.807) is 0 Å². The molecule has 0 bridgehead atoms. The van der Waals surface area contributed by atoms with E-state index in [2.05, 4.69) is 4.98 Å². The molecule has 0 aliphatic carbocycles. The van der Waals surface area contributed by atoms with Crippen molar-refractivity contribution in [2.45, 2.75) is 5.03 Å². The fourth-order valence-corrected chi connectivity index (χ4v) is 2.18. The van der Waals surface area contributed by atoms with Gasteiger partial charge in [-0.25, -0.2) is 14.2 Å². The highest BCUT2D eigenvalue weighted by Gasteiger charge is 2.08. The molecule has 6 nitrogen and oxygen atoms in total. The van der Waals surface area contributed by atoms with Crippen molar-refractivity contribution in [3.05, 3.63) is 64.1 Å². The zero-order valence-corrected chi connectivity index (χ0v) is 12.1. The van der Waals surface area contributed by atoms with Crippen LogP contribution in [0.3, 0.4) is 0 Å². The van der Waals surface area contributed by atoms with Crippen LogP contribution in [0, 0.1) is 15.9 Å². The summed E-state index contributed by atoms with van der Waals surface area (Å²) in [6.07, 6.45) is 1.17. The normalized spacial score (nSPS) is 10.2. The summed E-state index contributed by atoms with van der Waals surface area (Å²) >= 11 is 1.31. The number of esters is 1. The lowest BCUT2D eigenvalue weighted by Gasteiger charge is -2.04. The molecule has 0 N–H and O–H groups in total. The molecule has 2 rings (SSSR count). The Morgan fingerprint density at radius 3 is 2.59 bits per heavy atom. The molecule has 8 heteroatoms. The van der Waals surface area contributed by atoms with E-state index in [0.717, 1.165) is 0 Å². The molecule has 114 valence electrons. The molecule has 0 aliphatic heterocycles. The highest BCUT2D eigenvalue weighted by Crippen LogP contribution is 2.18. The maximum absolute atomic E-state index is 12.7. The fraction of sp³-hybridized carbons (Fsp3) is 0.143. The average molecular weight is 322 g/mol. The fourth-order valence-electron chi connectivity index (χ4n) is 1.52. The molecule has 0 unspecified atom stereocenters. The Morgan fingerprint density at radius 2 is 2.00 bits per heavy atom. The first-order chi connectivity index (χ1) is 10.6. The van der Waals surface area contributed by atoms with E-state index in [1.807, 2.05) is 0 Å². The van der Waals surface area contributed by atoms with E-state index in [-0.39, 0.29) is 17.9 Å². The summed E-state index contributed by atoms with van der Waals surface area (Å²) in [7, 11) is 0. The van der Waals surface area contributed by atoms with Gasteiger partial charge in [0, 0.05) is 11.8 Å². The second kappa shape index (κ2) is 7.51. The van der Waals surface area contributed by atoms with Gasteiger partial charge in [-0.05, 0) is 30.3 Å². The molecule has 0 amide bonds. The minimum absolute atomic E-state index is 0.0768. The topological polar surface area (TPSA) is 82.3 Å². The molecule has 0 fully saturated rings. The molecular weight excluding hydrogens is 311 g/mol. The SMILES string of the molecule is O=C(OCCSc1ccc([N+](=O)[O-])cn1)c1ccc(F)cc1. The highest BCUT2D eigenvalue weighted by atomic mass is 32.2. The third-order valence-electron chi connectivity index (χ3n) is 2.58. The quantitative estimate of drug-likeness (QED) is 0.267. The van der Waals surface area contributed by atoms with Gasteiger partial charge in [-0.15, -0.1) is 11.8 Å². The van der Waals surface area contributed by atoms with Crippen molar-refractivity contribution in [3.8, 4) is 0 Å². The molecule has 2 aromatic rings. The number of carbonyl (C=O) groups excluding carboxylic acids is 1. The van der Waals surface area contributed by atoms with E-state index in [1.165, 1.54) is 54.4 Å². The zero-order valence-electron chi connectivity index (χ0n) is 11.3. The Hall–Kier alpha value is -2.48. The van der Waals surface area contributed by atoms with Crippen LogP contribution in [0.25, 0.3) is 0 Å². The van der Waals surface area contributed by atoms with Gasteiger partial charge in [0.15, 0.2) is 0 Å². The van der Waals surface area contributed by atoms with Gasteiger partial charge in [0.1, 0.15) is 18.6 Å². The third-order valence-corrected chi connectivity index (χ3v) is 3.49. The molecule has 1 aromatic heterocycles. The minimum atomic E-state index is -0.530. The molecule has 0 atom stereocenters. The number of nitrogens with zero attached hydrogens (tertiary/aromatic N) is 2. The van der Waals surface area contributed by atoms with Crippen LogP contribution in [0.4, 0.5) is 10.1 Å². The van der Waals surface area contributed by atoms with Gasteiger partial charge in [0.25, 0.3) is 5.69 Å². The van der Waals surface area contributed by atoms with Crippen LogP contribution in [0.2, 0.25) is 0 Å². The van der Waals surface area contributed by atoms with Gasteiger partial charge in [0.05, 0.1) is 15.5 Å². The van der Waals surface area contributed by atoms with Crippen molar-refractivity contribution in [2.75, 3.05) is 12.4 Å². The lowest BCUT2D eigenvalue weighted by Crippen LogP contribution is -2.07. The Balaban J connectivity index is 1.75. The van der Waals surface area contributed by atoms with Crippen molar-refractivity contribution in [2.24, 2.45) is 0 Å². The Kier molecular flexibility index (Phi) is 5.42. The van der Waals surface area contributed by atoms with Crippen LogP contribution in [0.5, 0.6) is 0 Å². The number of pyridine rings is 1. The van der Waals surface area contributed by atoms with E-state index < -0.39 is 16.7 Å². The number of carbonyl (C=O) groups is 1. The number of hydrogen-bond donors (Lipinski definition) is 0. The van der Waals surface area contributed by atoms with Crippen LogP contribution in [-0.2, 0) is 4.74 Å². The number of benzene rings is 1. The van der Waals surface area contributed by atoms with Crippen molar-refractivity contribution in [1.82, 2.24) is 4.98 Å². The molecule has 0 spiro atoms. The Labute approximate surface area is 129 Å². The molecular formula is C14H11FN2O4S. The number of hydrogen-bond acceptors (Lipinski definition) is 6. The molecule has 0 radical (unpaired) electrons. The van der Waals surface area contributed by atoms with Gasteiger partial charge in [-0.3, -0.25) is 10.1 Å². The number of ether oxygens (including phenoxy) is 1. The van der Waals surface area contributed by atoms with Gasteiger partial charge >= 0.3 is 5.97 Å². The average Bonchev–Trinajstić information content (AvgIpc) is 2.52. The van der Waals surface area contributed by atoms with E-state index in [4.69, 9.17) is 4.74 Å². The first kappa shape index (κ1) is 15.9. The smallest absolute Gasteiger partial charge is 0.338 e. The number of nitro groups is 1. The van der Waals surface area contributed by atoms with E-state index >= 15 is 0 Å². The number of aromatic nitrogens is 1. The lowest BCUT2D eigenvalue weighted by molar-refractivity contribution is -0.385. The summed E-state index contributed by atoms with van der Waals surface area (Å²) in [5.74, 6) is -0.494. The highest BCUT2D eigenvalue weighted by molar-refractivity contribution is 7.99. The summed E-state index contributed by atoms with van der Waals surface area (Å²) < 4.78 is 17.8. The lowest BCUT2D eigenvalue weighted by atomic mass is 10.2. The standard InChI is InChI=1S/C14H11FN2O4S/c15-11-3-1-10(2-4-11)14(18)21-7-8-22-13-6-5-12(9-16-13)17(19)20/h1-6,9H,7-8H2. The summed E-state index contributed by atoms with van der Waals surface area (Å²) in [5, 5.41) is 11.1. The Morgan fingerprint density at radius 1 is 1.27 bits per heavy atom. The monoisotopic (exact) mass is 322 g/mol. The predicted octanol–water partition coefficient (Wildman–Crippen LogP) is 3.08. The van der Waals surface area contributed by atoms with Gasteiger partial charge in [-0.2, -0.15) is 0 Å². The molecule has 22 heavy (non-hydrogen) atoms. The number of halogens is 1. The second-order valence-corrected chi connectivity index (χ2v) is 5.22. The van der Waals surface area contributed by atoms with E-state index in [9.17, 15) is 19.3 Å². The van der Waals surface area contributed by atoms with Crippen molar-refractivity contribution < 1.29 is 18.8 Å².